The number of phenols is 1. The minimum Gasteiger partial charge on any atom is -0.506 e. The van der Waals surface area contributed by atoms with E-state index in [9.17, 15) is 5.11 Å². The summed E-state index contributed by atoms with van der Waals surface area (Å²) in [6.07, 6.45) is 6.02. The van der Waals surface area contributed by atoms with Gasteiger partial charge in [-0.05, 0) is 48.8 Å². The lowest BCUT2D eigenvalue weighted by Crippen LogP contribution is -1.99. The van der Waals surface area contributed by atoms with Crippen molar-refractivity contribution in [3.8, 4) is 5.75 Å². The van der Waals surface area contributed by atoms with Crippen LogP contribution in [0, 0.1) is 0 Å². The highest BCUT2D eigenvalue weighted by atomic mass is 35.5. The Morgan fingerprint density at radius 1 is 1.19 bits per heavy atom. The fraction of sp³-hybridized carbons (Fsp3) is 0.538. The van der Waals surface area contributed by atoms with Gasteiger partial charge in [0.05, 0.1) is 5.02 Å². The molecule has 2 rings (SSSR count). The zero-order valence-electron chi connectivity index (χ0n) is 9.30. The first-order valence-corrected chi connectivity index (χ1v) is 6.24. The van der Waals surface area contributed by atoms with E-state index in [-0.39, 0.29) is 12.4 Å². The molecule has 2 N–H and O–H groups in total. The molecule has 0 heterocycles. The zero-order chi connectivity index (χ0) is 11.5. The number of hydrogen-bond acceptors (Lipinski definition) is 2. The Labute approximate surface area is 101 Å². The summed E-state index contributed by atoms with van der Waals surface area (Å²) >= 11 is 6.19. The van der Waals surface area contributed by atoms with Gasteiger partial charge in [-0.25, -0.2) is 0 Å². The minimum absolute atomic E-state index is 0.0443. The molecule has 88 valence electrons. The molecule has 0 atom stereocenters. The van der Waals surface area contributed by atoms with Crippen LogP contribution in [0.15, 0.2) is 6.07 Å². The summed E-state index contributed by atoms with van der Waals surface area (Å²) in [6, 6.07) is 2.01. The van der Waals surface area contributed by atoms with Gasteiger partial charge in [0.2, 0.25) is 0 Å². The van der Waals surface area contributed by atoms with Gasteiger partial charge in [-0.15, -0.1) is 0 Å². The van der Waals surface area contributed by atoms with Gasteiger partial charge in [0.25, 0.3) is 0 Å². The van der Waals surface area contributed by atoms with Crippen LogP contribution in [0.25, 0.3) is 0 Å². The van der Waals surface area contributed by atoms with Crippen molar-refractivity contribution in [1.82, 2.24) is 0 Å². The van der Waals surface area contributed by atoms with E-state index in [2.05, 4.69) is 0 Å². The van der Waals surface area contributed by atoms with E-state index in [1.165, 1.54) is 18.4 Å². The minimum atomic E-state index is 0.0443. The topological polar surface area (TPSA) is 40.5 Å². The van der Waals surface area contributed by atoms with Crippen molar-refractivity contribution in [2.45, 2.75) is 38.5 Å². The van der Waals surface area contributed by atoms with Crippen molar-refractivity contribution < 1.29 is 10.2 Å². The maximum absolute atomic E-state index is 9.93. The lowest BCUT2D eigenvalue weighted by molar-refractivity contribution is 0.297. The number of fused-ring (bicyclic) bond motifs is 1. The molecule has 0 fully saturated rings. The zero-order valence-corrected chi connectivity index (χ0v) is 10.1. The molecule has 16 heavy (non-hydrogen) atoms. The van der Waals surface area contributed by atoms with Crippen LogP contribution in [-0.4, -0.2) is 16.8 Å². The number of hydrogen-bond donors (Lipinski definition) is 2. The maximum atomic E-state index is 9.93. The van der Waals surface area contributed by atoms with Crippen molar-refractivity contribution >= 4 is 11.6 Å². The van der Waals surface area contributed by atoms with Crippen LogP contribution in [0.1, 0.15) is 36.0 Å². The molecule has 0 spiro atoms. The molecule has 0 saturated heterocycles. The molecule has 2 nitrogen and oxygen atoms in total. The Morgan fingerprint density at radius 3 is 2.69 bits per heavy atom. The Bertz CT molecular complexity index is 388. The van der Waals surface area contributed by atoms with Crippen molar-refractivity contribution in [3.63, 3.8) is 0 Å². The Balaban J connectivity index is 2.46. The van der Waals surface area contributed by atoms with Crippen LogP contribution in [0.3, 0.4) is 0 Å². The van der Waals surface area contributed by atoms with Crippen LogP contribution < -0.4 is 0 Å². The molecule has 0 radical (unpaired) electrons. The highest BCUT2D eigenvalue weighted by Crippen LogP contribution is 2.36. The van der Waals surface area contributed by atoms with Crippen LogP contribution >= 0.6 is 11.6 Å². The second kappa shape index (κ2) is 5.07. The van der Waals surface area contributed by atoms with Crippen LogP contribution in [-0.2, 0) is 19.3 Å². The molecule has 0 aliphatic heterocycles. The van der Waals surface area contributed by atoms with Crippen molar-refractivity contribution in [2.24, 2.45) is 0 Å². The summed E-state index contributed by atoms with van der Waals surface area (Å²) in [5.74, 6) is 0.163. The SMILES string of the molecule is OCCc1cc2c(c(Cl)c1O)CCCCC2. The lowest BCUT2D eigenvalue weighted by atomic mass is 9.97. The number of rotatable bonds is 2. The number of aliphatic hydroxyl groups is 1. The van der Waals surface area contributed by atoms with Crippen LogP contribution in [0.4, 0.5) is 0 Å². The van der Waals surface area contributed by atoms with Gasteiger partial charge in [0, 0.05) is 6.61 Å². The third-order valence-corrected chi connectivity index (χ3v) is 3.67. The van der Waals surface area contributed by atoms with E-state index in [1.807, 2.05) is 6.07 Å². The fourth-order valence-corrected chi connectivity index (χ4v) is 2.73. The molecule has 0 bridgehead atoms. The molecule has 3 heteroatoms. The summed E-state index contributed by atoms with van der Waals surface area (Å²) in [7, 11) is 0. The third-order valence-electron chi connectivity index (χ3n) is 3.27. The van der Waals surface area contributed by atoms with E-state index in [1.54, 1.807) is 0 Å². The van der Waals surface area contributed by atoms with Gasteiger partial charge in [0.1, 0.15) is 5.75 Å². The molecule has 1 aromatic rings. The van der Waals surface area contributed by atoms with Gasteiger partial charge in [0.15, 0.2) is 0 Å². The van der Waals surface area contributed by atoms with Crippen molar-refractivity contribution in [1.29, 1.82) is 0 Å². The number of benzene rings is 1. The maximum Gasteiger partial charge on any atom is 0.137 e. The molecule has 0 amide bonds. The number of halogens is 1. The van der Waals surface area contributed by atoms with Gasteiger partial charge < -0.3 is 10.2 Å². The van der Waals surface area contributed by atoms with Gasteiger partial charge in [-0.3, -0.25) is 0 Å². The molecule has 1 aliphatic carbocycles. The molecular weight excluding hydrogens is 224 g/mol. The van der Waals surface area contributed by atoms with Gasteiger partial charge in [-0.2, -0.15) is 0 Å². The van der Waals surface area contributed by atoms with Crippen molar-refractivity contribution in [2.75, 3.05) is 6.61 Å². The Kier molecular flexibility index (Phi) is 3.72. The average molecular weight is 241 g/mol. The second-order valence-corrected chi connectivity index (χ2v) is 4.75. The standard InChI is InChI=1S/C13H17ClO2/c14-12-11-5-3-1-2-4-9(11)8-10(6-7-15)13(12)16/h8,15-16H,1-7H2. The van der Waals surface area contributed by atoms with Crippen LogP contribution in [0.2, 0.25) is 5.02 Å². The van der Waals surface area contributed by atoms with E-state index >= 15 is 0 Å². The van der Waals surface area contributed by atoms with Gasteiger partial charge >= 0.3 is 0 Å². The smallest absolute Gasteiger partial charge is 0.137 e. The number of aromatic hydroxyl groups is 1. The summed E-state index contributed by atoms with van der Waals surface area (Å²) in [6.45, 7) is 0.0443. The number of aliphatic hydroxyl groups excluding tert-OH is 1. The third kappa shape index (κ3) is 2.18. The molecule has 0 saturated carbocycles. The predicted octanol–water partition coefficient (Wildman–Crippen LogP) is 2.85. The Hall–Kier alpha value is -0.730. The first-order chi connectivity index (χ1) is 7.74. The summed E-state index contributed by atoms with van der Waals surface area (Å²) < 4.78 is 0. The lowest BCUT2D eigenvalue weighted by Gasteiger charge is -2.13. The summed E-state index contributed by atoms with van der Waals surface area (Å²) in [5.41, 5.74) is 3.13. The van der Waals surface area contributed by atoms with Gasteiger partial charge in [-0.1, -0.05) is 24.1 Å². The summed E-state index contributed by atoms with van der Waals surface area (Å²) in [4.78, 5) is 0. The monoisotopic (exact) mass is 240 g/mol. The average Bonchev–Trinajstić information content (AvgIpc) is 2.51. The normalized spacial score (nSPS) is 15.6. The predicted molar refractivity (Wildman–Crippen MR) is 65.2 cm³/mol. The molecule has 1 aliphatic rings. The Morgan fingerprint density at radius 2 is 1.94 bits per heavy atom. The number of aryl methyl sites for hydroxylation is 1. The van der Waals surface area contributed by atoms with E-state index in [0.29, 0.717) is 11.4 Å². The quantitative estimate of drug-likeness (QED) is 0.781. The molecular formula is C13H17ClO2. The largest absolute Gasteiger partial charge is 0.506 e. The second-order valence-electron chi connectivity index (χ2n) is 4.37. The van der Waals surface area contributed by atoms with E-state index in [4.69, 9.17) is 16.7 Å². The molecule has 1 aromatic carbocycles. The molecule has 0 unspecified atom stereocenters. The molecule has 0 aromatic heterocycles. The fourth-order valence-electron chi connectivity index (χ4n) is 2.39. The van der Waals surface area contributed by atoms with E-state index in [0.717, 1.165) is 30.4 Å². The highest BCUT2D eigenvalue weighted by Gasteiger charge is 2.17. The highest BCUT2D eigenvalue weighted by molar-refractivity contribution is 6.33. The summed E-state index contributed by atoms with van der Waals surface area (Å²) in [5, 5.41) is 19.4. The van der Waals surface area contributed by atoms with Crippen LogP contribution in [0.5, 0.6) is 5.75 Å². The van der Waals surface area contributed by atoms with E-state index < -0.39 is 0 Å². The van der Waals surface area contributed by atoms with Crippen molar-refractivity contribution in [3.05, 3.63) is 27.8 Å². The first kappa shape index (κ1) is 11.7. The first-order valence-electron chi connectivity index (χ1n) is 5.87. The number of phenolic OH excluding ortho intramolecular Hbond substituents is 1.